The largest absolute Gasteiger partial charge is 0.310 e. The summed E-state index contributed by atoms with van der Waals surface area (Å²) >= 11 is 1.91. The summed E-state index contributed by atoms with van der Waals surface area (Å²) in [5, 5.41) is 5.24. The fraction of sp³-hybridized carbons (Fsp3) is 0.0588. The van der Waals surface area contributed by atoms with Crippen molar-refractivity contribution in [2.24, 2.45) is 0 Å². The molecule has 1 nitrogen and oxygen atoms in total. The molecule has 0 N–H and O–H groups in total. The van der Waals surface area contributed by atoms with Crippen molar-refractivity contribution in [1.82, 2.24) is 0 Å². The van der Waals surface area contributed by atoms with E-state index in [0.717, 1.165) is 11.4 Å². The number of hydrogen-bond acceptors (Lipinski definition) is 2. The molecule has 2 aliphatic carbocycles. The molecule has 0 spiro atoms. The van der Waals surface area contributed by atoms with Gasteiger partial charge in [-0.3, -0.25) is 0 Å². The summed E-state index contributed by atoms with van der Waals surface area (Å²) in [6, 6.07) is 92.8. The molecule has 0 fully saturated rings. The van der Waals surface area contributed by atoms with E-state index in [1.807, 2.05) is 11.3 Å². The minimum atomic E-state index is -0.456. The van der Waals surface area contributed by atoms with Crippen LogP contribution in [0.5, 0.6) is 0 Å². The summed E-state index contributed by atoms with van der Waals surface area (Å²) in [7, 11) is 0. The molecule has 70 heavy (non-hydrogen) atoms. The number of hydrogen-bond donors (Lipinski definition) is 0. The molecule has 1 aromatic heterocycles. The number of fused-ring (bicyclic) bond motifs is 11. The van der Waals surface area contributed by atoms with Gasteiger partial charge in [0.15, 0.2) is 0 Å². The van der Waals surface area contributed by atoms with Gasteiger partial charge in [0.05, 0.1) is 11.1 Å². The highest BCUT2D eigenvalue weighted by atomic mass is 32.1. The first-order chi connectivity index (χ1) is 34.5. The quantitative estimate of drug-likeness (QED) is 0.154. The van der Waals surface area contributed by atoms with E-state index in [0.29, 0.717) is 0 Å². The van der Waals surface area contributed by atoms with Gasteiger partial charge in [0.2, 0.25) is 0 Å². The Bertz CT molecular complexity index is 3970. The lowest BCUT2D eigenvalue weighted by atomic mass is 9.67. The molecule has 2 aliphatic rings. The molecular formula is C68H47NS. The van der Waals surface area contributed by atoms with Crippen LogP contribution in [0.2, 0.25) is 0 Å². The predicted molar refractivity (Wildman–Crippen MR) is 297 cm³/mol. The number of nitrogens with zero attached hydrogens (tertiary/aromatic N) is 1. The molecule has 14 rings (SSSR count). The lowest BCUT2D eigenvalue weighted by Crippen LogP contribution is -2.28. The van der Waals surface area contributed by atoms with Crippen LogP contribution in [0.15, 0.2) is 249 Å². The Morgan fingerprint density at radius 2 is 0.829 bits per heavy atom. The van der Waals surface area contributed by atoms with Gasteiger partial charge in [-0.15, -0.1) is 11.3 Å². The normalized spacial score (nSPS) is 13.8. The van der Waals surface area contributed by atoms with Crippen LogP contribution in [0.3, 0.4) is 0 Å². The number of benzene rings is 11. The van der Waals surface area contributed by atoms with Crippen molar-refractivity contribution >= 4 is 59.3 Å². The fourth-order valence-corrected chi connectivity index (χ4v) is 13.8. The molecule has 11 aromatic carbocycles. The third-order valence-corrected chi connectivity index (χ3v) is 16.9. The molecule has 0 bridgehead atoms. The Morgan fingerprint density at radius 3 is 1.54 bits per heavy atom. The highest BCUT2D eigenvalue weighted by Crippen LogP contribution is 2.59. The van der Waals surface area contributed by atoms with Gasteiger partial charge in [-0.1, -0.05) is 232 Å². The van der Waals surface area contributed by atoms with Crippen LogP contribution in [0, 0.1) is 0 Å². The minimum absolute atomic E-state index is 0.131. The Balaban J connectivity index is 0.925. The van der Waals surface area contributed by atoms with Crippen LogP contribution >= 0.6 is 11.3 Å². The van der Waals surface area contributed by atoms with Crippen LogP contribution < -0.4 is 4.90 Å². The second kappa shape index (κ2) is 15.6. The van der Waals surface area contributed by atoms with Crippen LogP contribution in [-0.2, 0) is 10.8 Å². The summed E-state index contributed by atoms with van der Waals surface area (Å²) in [5.41, 5.74) is 20.8. The molecule has 0 saturated carbocycles. The van der Waals surface area contributed by atoms with E-state index in [4.69, 9.17) is 0 Å². The fourth-order valence-electron chi connectivity index (χ4n) is 12.4. The maximum Gasteiger partial charge on any atom is 0.0713 e. The predicted octanol–water partition coefficient (Wildman–Crippen LogP) is 18.7. The van der Waals surface area contributed by atoms with Gasteiger partial charge in [-0.2, -0.15) is 0 Å². The van der Waals surface area contributed by atoms with Crippen LogP contribution in [0.1, 0.15) is 47.2 Å². The van der Waals surface area contributed by atoms with Gasteiger partial charge in [0.25, 0.3) is 0 Å². The van der Waals surface area contributed by atoms with Crippen molar-refractivity contribution in [3.63, 3.8) is 0 Å². The van der Waals surface area contributed by atoms with Crippen molar-refractivity contribution in [2.45, 2.75) is 24.7 Å². The third kappa shape index (κ3) is 5.84. The highest BCUT2D eigenvalue weighted by Gasteiger charge is 2.47. The first kappa shape index (κ1) is 40.7. The Labute approximate surface area is 413 Å². The third-order valence-electron chi connectivity index (χ3n) is 15.6. The van der Waals surface area contributed by atoms with Crippen LogP contribution in [-0.4, -0.2) is 0 Å². The topological polar surface area (TPSA) is 3.24 Å². The Hall–Kier alpha value is -8.30. The SMILES string of the molecule is CC1(C)c2ccccc2-c2c(N(c3ccc(-c4cccc5c4-c4ccccc4C5(c4ccccc4)c4ccccc4)cc3)c3ccc(-c4cccc5c4sc4c6ccccc6ccc54)cc3)cccc21. The standard InChI is InChI=1S/C68H47NS/c1-67(2)58-29-13-11-24-56(58)64-60(67)31-17-33-62(64)69(50-41-36-46(37-42-50)53-27-15-28-54-55-43-38-44-18-9-10-23-52(44)66(55)70-65(53)54)49-39-34-45(35-40-49)51-26-16-32-61-63(51)57-25-12-14-30-59(57)68(61,47-19-5-3-6-20-47)48-21-7-4-8-22-48/h3-43H,1-2H3. The first-order valence-corrected chi connectivity index (χ1v) is 25.2. The molecule has 0 aliphatic heterocycles. The van der Waals surface area contributed by atoms with Gasteiger partial charge >= 0.3 is 0 Å². The molecule has 0 saturated heterocycles. The monoisotopic (exact) mass is 909 g/mol. The number of anilines is 3. The average Bonchev–Trinajstić information content (AvgIpc) is 4.04. The summed E-state index contributed by atoms with van der Waals surface area (Å²) in [5.74, 6) is 0. The van der Waals surface area contributed by atoms with Crippen molar-refractivity contribution in [1.29, 1.82) is 0 Å². The van der Waals surface area contributed by atoms with E-state index < -0.39 is 5.41 Å². The molecule has 0 amide bonds. The maximum atomic E-state index is 2.48. The maximum absolute atomic E-state index is 2.48. The Kier molecular flexibility index (Phi) is 9.09. The van der Waals surface area contributed by atoms with Gasteiger partial charge in [-0.05, 0) is 113 Å². The number of thiophene rings is 1. The van der Waals surface area contributed by atoms with E-state index in [-0.39, 0.29) is 5.41 Å². The zero-order valence-electron chi connectivity index (χ0n) is 39.0. The summed E-state index contributed by atoms with van der Waals surface area (Å²) < 4.78 is 2.68. The lowest BCUT2D eigenvalue weighted by molar-refractivity contribution is 0.660. The van der Waals surface area contributed by atoms with Gasteiger partial charge in [-0.25, -0.2) is 0 Å². The second-order valence-electron chi connectivity index (χ2n) is 19.5. The molecule has 2 heteroatoms. The molecular weight excluding hydrogens is 863 g/mol. The van der Waals surface area contributed by atoms with Gasteiger partial charge in [0, 0.05) is 42.5 Å². The van der Waals surface area contributed by atoms with E-state index >= 15 is 0 Å². The Morgan fingerprint density at radius 1 is 0.329 bits per heavy atom. The average molecular weight is 910 g/mol. The van der Waals surface area contributed by atoms with Gasteiger partial charge < -0.3 is 4.90 Å². The van der Waals surface area contributed by atoms with Crippen molar-refractivity contribution < 1.29 is 0 Å². The molecule has 0 atom stereocenters. The van der Waals surface area contributed by atoms with Crippen LogP contribution in [0.4, 0.5) is 17.1 Å². The summed E-state index contributed by atoms with van der Waals surface area (Å²) in [6.45, 7) is 4.74. The molecule has 1 heterocycles. The minimum Gasteiger partial charge on any atom is -0.310 e. The van der Waals surface area contributed by atoms with Crippen molar-refractivity contribution in [3.05, 3.63) is 282 Å². The summed E-state index contributed by atoms with van der Waals surface area (Å²) in [6.07, 6.45) is 0. The van der Waals surface area contributed by atoms with E-state index in [2.05, 4.69) is 267 Å². The second-order valence-corrected chi connectivity index (χ2v) is 20.5. The van der Waals surface area contributed by atoms with Gasteiger partial charge in [0.1, 0.15) is 0 Å². The lowest BCUT2D eigenvalue weighted by Gasteiger charge is -2.34. The molecule has 0 unspecified atom stereocenters. The molecule has 12 aromatic rings. The summed E-state index contributed by atoms with van der Waals surface area (Å²) in [4.78, 5) is 2.48. The van der Waals surface area contributed by atoms with Crippen LogP contribution in [0.25, 0.3) is 75.5 Å². The zero-order chi connectivity index (χ0) is 46.6. The smallest absolute Gasteiger partial charge is 0.0713 e. The molecule has 330 valence electrons. The number of rotatable bonds is 7. The van der Waals surface area contributed by atoms with Crippen molar-refractivity contribution in [3.8, 4) is 44.5 Å². The van der Waals surface area contributed by atoms with E-state index in [1.54, 1.807) is 0 Å². The molecule has 0 radical (unpaired) electrons. The van der Waals surface area contributed by atoms with E-state index in [1.165, 1.54) is 115 Å². The highest BCUT2D eigenvalue weighted by molar-refractivity contribution is 7.27. The van der Waals surface area contributed by atoms with E-state index in [9.17, 15) is 0 Å². The zero-order valence-corrected chi connectivity index (χ0v) is 39.8. The van der Waals surface area contributed by atoms with Crippen molar-refractivity contribution in [2.75, 3.05) is 4.90 Å². The first-order valence-electron chi connectivity index (χ1n) is 24.4.